The number of benzene rings is 1. The van der Waals surface area contributed by atoms with E-state index in [-0.39, 0.29) is 17.6 Å². The molecule has 0 unspecified atom stereocenters. The maximum Gasteiger partial charge on any atom is 0.223 e. The Bertz CT molecular complexity index is 552. The van der Waals surface area contributed by atoms with Crippen LogP contribution in [0.3, 0.4) is 0 Å². The smallest absolute Gasteiger partial charge is 0.223 e. The fourth-order valence-corrected chi connectivity index (χ4v) is 1.93. The average Bonchev–Trinajstić information content (AvgIpc) is 2.48. The van der Waals surface area contributed by atoms with Crippen molar-refractivity contribution in [1.82, 2.24) is 10.3 Å². The summed E-state index contributed by atoms with van der Waals surface area (Å²) in [7, 11) is 0. The molecule has 0 aliphatic heterocycles. The summed E-state index contributed by atoms with van der Waals surface area (Å²) < 4.78 is 0. The molecular weight excluding hydrogens is 252 g/mol. The van der Waals surface area contributed by atoms with Crippen LogP contribution in [0.25, 0.3) is 0 Å². The number of nitrogens with one attached hydrogen (secondary N) is 1. The van der Waals surface area contributed by atoms with E-state index in [0.717, 1.165) is 11.3 Å². The molecule has 20 heavy (non-hydrogen) atoms. The Balaban J connectivity index is 1.84. The van der Waals surface area contributed by atoms with Crippen LogP contribution in [0.5, 0.6) is 5.75 Å². The van der Waals surface area contributed by atoms with E-state index in [9.17, 15) is 9.90 Å². The lowest BCUT2D eigenvalue weighted by Crippen LogP contribution is -2.30. The third kappa shape index (κ3) is 4.09. The Morgan fingerprint density at radius 2 is 2.00 bits per heavy atom. The van der Waals surface area contributed by atoms with Crippen LogP contribution in [0.4, 0.5) is 0 Å². The molecule has 2 aromatic rings. The van der Waals surface area contributed by atoms with Crippen molar-refractivity contribution < 1.29 is 9.90 Å². The lowest BCUT2D eigenvalue weighted by molar-refractivity contribution is -0.124. The number of hydrogen-bond acceptors (Lipinski definition) is 3. The summed E-state index contributed by atoms with van der Waals surface area (Å²) in [5.74, 6) is 0.119. The van der Waals surface area contributed by atoms with Gasteiger partial charge < -0.3 is 10.4 Å². The van der Waals surface area contributed by atoms with E-state index in [1.807, 2.05) is 37.3 Å². The quantitative estimate of drug-likeness (QED) is 0.876. The summed E-state index contributed by atoms with van der Waals surface area (Å²) >= 11 is 0. The van der Waals surface area contributed by atoms with Crippen LogP contribution in [-0.4, -0.2) is 16.0 Å². The van der Waals surface area contributed by atoms with Crippen molar-refractivity contribution in [3.8, 4) is 5.75 Å². The van der Waals surface area contributed by atoms with Gasteiger partial charge in [-0.1, -0.05) is 25.1 Å². The molecule has 4 nitrogen and oxygen atoms in total. The molecule has 0 spiro atoms. The molecule has 2 N–H and O–H groups in total. The molecule has 1 amide bonds. The van der Waals surface area contributed by atoms with Crippen LogP contribution in [0.2, 0.25) is 0 Å². The molecule has 1 heterocycles. The molecule has 0 fully saturated rings. The van der Waals surface area contributed by atoms with Gasteiger partial charge in [-0.3, -0.25) is 9.78 Å². The SMILES string of the molecule is C[C@@H](Cc1ccc(O)cc1)C(=O)NCc1ccccn1. The highest BCUT2D eigenvalue weighted by Gasteiger charge is 2.13. The standard InChI is InChI=1S/C16H18N2O2/c1-12(10-13-5-7-15(19)8-6-13)16(20)18-11-14-4-2-3-9-17-14/h2-9,12,19H,10-11H2,1H3,(H,18,20)/t12-/m0/s1. The number of aromatic nitrogens is 1. The van der Waals surface area contributed by atoms with E-state index in [4.69, 9.17) is 0 Å². The van der Waals surface area contributed by atoms with E-state index in [1.165, 1.54) is 0 Å². The number of nitrogens with zero attached hydrogens (tertiary/aromatic N) is 1. The average molecular weight is 270 g/mol. The zero-order valence-electron chi connectivity index (χ0n) is 11.4. The maximum atomic E-state index is 12.0. The summed E-state index contributed by atoms with van der Waals surface area (Å²) in [5.41, 5.74) is 1.88. The summed E-state index contributed by atoms with van der Waals surface area (Å²) in [6.45, 7) is 2.33. The van der Waals surface area contributed by atoms with Crippen molar-refractivity contribution in [3.05, 3.63) is 59.9 Å². The minimum Gasteiger partial charge on any atom is -0.508 e. The molecule has 0 aliphatic carbocycles. The van der Waals surface area contributed by atoms with E-state index in [0.29, 0.717) is 13.0 Å². The van der Waals surface area contributed by atoms with Crippen molar-refractivity contribution in [2.24, 2.45) is 5.92 Å². The molecule has 1 aromatic heterocycles. The number of carbonyl (C=O) groups excluding carboxylic acids is 1. The van der Waals surface area contributed by atoms with Crippen molar-refractivity contribution in [2.75, 3.05) is 0 Å². The minimum atomic E-state index is -0.122. The molecule has 1 aromatic carbocycles. The fraction of sp³-hybridized carbons (Fsp3) is 0.250. The second-order valence-electron chi connectivity index (χ2n) is 4.81. The van der Waals surface area contributed by atoms with Crippen LogP contribution in [0.15, 0.2) is 48.7 Å². The number of rotatable bonds is 5. The van der Waals surface area contributed by atoms with Crippen molar-refractivity contribution in [3.63, 3.8) is 0 Å². The van der Waals surface area contributed by atoms with Crippen LogP contribution in [0, 0.1) is 5.92 Å². The summed E-state index contributed by atoms with van der Waals surface area (Å²) in [4.78, 5) is 16.2. The van der Waals surface area contributed by atoms with Crippen LogP contribution in [0.1, 0.15) is 18.2 Å². The lowest BCUT2D eigenvalue weighted by Gasteiger charge is -2.12. The summed E-state index contributed by atoms with van der Waals surface area (Å²) in [6, 6.07) is 12.6. The largest absolute Gasteiger partial charge is 0.508 e. The van der Waals surface area contributed by atoms with Gasteiger partial charge in [-0.15, -0.1) is 0 Å². The number of phenols is 1. The van der Waals surface area contributed by atoms with Gasteiger partial charge in [-0.2, -0.15) is 0 Å². The Kier molecular flexibility index (Phi) is 4.71. The van der Waals surface area contributed by atoms with Gasteiger partial charge in [0, 0.05) is 12.1 Å². The topological polar surface area (TPSA) is 62.2 Å². The Morgan fingerprint density at radius 1 is 1.25 bits per heavy atom. The highest BCUT2D eigenvalue weighted by atomic mass is 16.3. The van der Waals surface area contributed by atoms with Gasteiger partial charge in [0.2, 0.25) is 5.91 Å². The monoisotopic (exact) mass is 270 g/mol. The predicted octanol–water partition coefficient (Wildman–Crippen LogP) is 2.28. The second kappa shape index (κ2) is 6.70. The first-order valence-electron chi connectivity index (χ1n) is 6.60. The zero-order valence-corrected chi connectivity index (χ0v) is 11.4. The molecule has 0 aliphatic rings. The normalized spacial score (nSPS) is 11.8. The van der Waals surface area contributed by atoms with E-state index in [1.54, 1.807) is 18.3 Å². The second-order valence-corrected chi connectivity index (χ2v) is 4.81. The Morgan fingerprint density at radius 3 is 2.65 bits per heavy atom. The third-order valence-corrected chi connectivity index (χ3v) is 3.10. The summed E-state index contributed by atoms with van der Waals surface area (Å²) in [6.07, 6.45) is 2.36. The van der Waals surface area contributed by atoms with Gasteiger partial charge in [-0.25, -0.2) is 0 Å². The lowest BCUT2D eigenvalue weighted by atomic mass is 10.0. The van der Waals surface area contributed by atoms with E-state index >= 15 is 0 Å². The summed E-state index contributed by atoms with van der Waals surface area (Å²) in [5, 5.41) is 12.1. The Hall–Kier alpha value is -2.36. The number of phenolic OH excluding ortho intramolecular Hbond substituents is 1. The first-order chi connectivity index (χ1) is 9.65. The van der Waals surface area contributed by atoms with Gasteiger partial charge >= 0.3 is 0 Å². The van der Waals surface area contributed by atoms with Crippen molar-refractivity contribution >= 4 is 5.91 Å². The van der Waals surface area contributed by atoms with Crippen molar-refractivity contribution in [2.45, 2.75) is 19.9 Å². The number of carbonyl (C=O) groups is 1. The molecule has 4 heteroatoms. The Labute approximate surface area is 118 Å². The molecule has 0 radical (unpaired) electrons. The highest BCUT2D eigenvalue weighted by molar-refractivity contribution is 5.78. The molecule has 0 bridgehead atoms. The van der Waals surface area contributed by atoms with Gasteiger partial charge in [0.15, 0.2) is 0 Å². The number of pyridine rings is 1. The van der Waals surface area contributed by atoms with Crippen LogP contribution < -0.4 is 5.32 Å². The molecule has 2 rings (SSSR count). The van der Waals surface area contributed by atoms with Gasteiger partial charge in [0.25, 0.3) is 0 Å². The predicted molar refractivity (Wildman–Crippen MR) is 77.1 cm³/mol. The highest BCUT2D eigenvalue weighted by Crippen LogP contribution is 2.13. The number of aromatic hydroxyl groups is 1. The van der Waals surface area contributed by atoms with Gasteiger partial charge in [-0.05, 0) is 36.2 Å². The molecule has 104 valence electrons. The van der Waals surface area contributed by atoms with E-state index < -0.39 is 0 Å². The van der Waals surface area contributed by atoms with Gasteiger partial charge in [0.05, 0.1) is 12.2 Å². The molecule has 1 atom stereocenters. The number of hydrogen-bond donors (Lipinski definition) is 2. The number of amides is 1. The first-order valence-corrected chi connectivity index (χ1v) is 6.60. The maximum absolute atomic E-state index is 12.0. The first kappa shape index (κ1) is 14.1. The third-order valence-electron chi connectivity index (χ3n) is 3.10. The molecule has 0 saturated carbocycles. The van der Waals surface area contributed by atoms with Crippen LogP contribution in [-0.2, 0) is 17.8 Å². The minimum absolute atomic E-state index is 0.00345. The zero-order chi connectivity index (χ0) is 14.4. The molecular formula is C16H18N2O2. The van der Waals surface area contributed by atoms with Gasteiger partial charge in [0.1, 0.15) is 5.75 Å². The fourth-order valence-electron chi connectivity index (χ4n) is 1.93. The van der Waals surface area contributed by atoms with Crippen molar-refractivity contribution in [1.29, 1.82) is 0 Å². The molecule has 0 saturated heterocycles. The van der Waals surface area contributed by atoms with E-state index in [2.05, 4.69) is 10.3 Å². The van der Waals surface area contributed by atoms with Crippen LogP contribution >= 0.6 is 0 Å².